The molecule has 0 saturated carbocycles. The van der Waals surface area contributed by atoms with Gasteiger partial charge in [-0.05, 0) is 27.2 Å². The zero-order valence-corrected chi connectivity index (χ0v) is 8.61. The van der Waals surface area contributed by atoms with Crippen LogP contribution < -0.4 is 0 Å². The molecule has 0 aliphatic heterocycles. The van der Waals surface area contributed by atoms with Crippen LogP contribution in [0.4, 0.5) is 0 Å². The molecule has 2 heteroatoms. The van der Waals surface area contributed by atoms with Crippen LogP contribution in [0.2, 0.25) is 0 Å². The van der Waals surface area contributed by atoms with Crippen molar-refractivity contribution >= 4 is 5.71 Å². The van der Waals surface area contributed by atoms with Gasteiger partial charge in [-0.3, -0.25) is 0 Å². The Morgan fingerprint density at radius 3 is 2.42 bits per heavy atom. The quantitative estimate of drug-likeness (QED) is 0.632. The minimum atomic E-state index is -0.0769. The summed E-state index contributed by atoms with van der Waals surface area (Å²) >= 11 is 0. The Labute approximate surface area is 75.8 Å². The van der Waals surface area contributed by atoms with Gasteiger partial charge in [-0.1, -0.05) is 6.92 Å². The Morgan fingerprint density at radius 2 is 2.00 bits per heavy atom. The van der Waals surface area contributed by atoms with Crippen LogP contribution in [0, 0.1) is 11.8 Å². The summed E-state index contributed by atoms with van der Waals surface area (Å²) in [6.45, 7) is 8.78. The summed E-state index contributed by atoms with van der Waals surface area (Å²) in [7, 11) is 0. The molecule has 0 amide bonds. The van der Waals surface area contributed by atoms with Crippen LogP contribution in [0.15, 0.2) is 0 Å². The Balaban J connectivity index is 3.37. The van der Waals surface area contributed by atoms with Gasteiger partial charge < -0.3 is 10.1 Å². The van der Waals surface area contributed by atoms with Crippen molar-refractivity contribution in [2.45, 2.75) is 46.1 Å². The largest absolute Gasteiger partial charge is 0.375 e. The van der Waals surface area contributed by atoms with Gasteiger partial charge in [0.25, 0.3) is 0 Å². The van der Waals surface area contributed by atoms with E-state index in [1.165, 1.54) is 0 Å². The summed E-state index contributed by atoms with van der Waals surface area (Å²) in [5.74, 6) is 0. The molecule has 0 aromatic carbocycles. The molecule has 1 radical (unpaired) electrons. The first-order valence-corrected chi connectivity index (χ1v) is 4.50. The van der Waals surface area contributed by atoms with E-state index in [0.717, 1.165) is 12.8 Å². The van der Waals surface area contributed by atoms with E-state index in [9.17, 15) is 0 Å². The first-order chi connectivity index (χ1) is 5.45. The maximum absolute atomic E-state index is 7.46. The summed E-state index contributed by atoms with van der Waals surface area (Å²) in [5, 5.41) is 7.46. The minimum Gasteiger partial charge on any atom is -0.375 e. The molecule has 0 aromatic rings. The topological polar surface area (TPSA) is 33.1 Å². The third-order valence-corrected chi connectivity index (χ3v) is 1.36. The second-order valence-corrected chi connectivity index (χ2v) is 3.85. The smallest absolute Gasteiger partial charge is 0.0598 e. The fourth-order valence-electron chi connectivity index (χ4n) is 0.816. The summed E-state index contributed by atoms with van der Waals surface area (Å²) in [5.41, 5.74) is 0.605. The maximum atomic E-state index is 7.46. The molecule has 0 fully saturated rings. The zero-order valence-electron chi connectivity index (χ0n) is 8.61. The minimum absolute atomic E-state index is 0.0769. The Kier molecular flexibility index (Phi) is 5.14. The molecule has 0 aliphatic rings. The van der Waals surface area contributed by atoms with Crippen LogP contribution in [-0.4, -0.2) is 17.9 Å². The van der Waals surface area contributed by atoms with E-state index in [-0.39, 0.29) is 5.60 Å². The van der Waals surface area contributed by atoms with Crippen molar-refractivity contribution in [3.8, 4) is 0 Å². The summed E-state index contributed by atoms with van der Waals surface area (Å²) in [6.07, 6.45) is 3.59. The van der Waals surface area contributed by atoms with Gasteiger partial charge in [-0.15, -0.1) is 0 Å². The van der Waals surface area contributed by atoms with E-state index >= 15 is 0 Å². The molecule has 0 spiro atoms. The maximum Gasteiger partial charge on any atom is 0.0598 e. The molecule has 2 nitrogen and oxygen atoms in total. The van der Waals surface area contributed by atoms with Gasteiger partial charge in [0.05, 0.1) is 12.2 Å². The van der Waals surface area contributed by atoms with Gasteiger partial charge in [-0.2, -0.15) is 0 Å². The highest BCUT2D eigenvalue weighted by molar-refractivity contribution is 5.89. The Bertz CT molecular complexity index is 135. The second kappa shape index (κ2) is 5.31. The summed E-state index contributed by atoms with van der Waals surface area (Å²) in [6, 6.07) is 0. The molecular weight excluding hydrogens is 150 g/mol. The molecule has 0 aliphatic carbocycles. The van der Waals surface area contributed by atoms with Crippen molar-refractivity contribution in [2.24, 2.45) is 0 Å². The third-order valence-electron chi connectivity index (χ3n) is 1.36. The first kappa shape index (κ1) is 11.6. The van der Waals surface area contributed by atoms with Crippen LogP contribution in [0.25, 0.3) is 0 Å². The molecular formula is C10H20NO. The lowest BCUT2D eigenvalue weighted by molar-refractivity contribution is 0.00130. The molecule has 12 heavy (non-hydrogen) atoms. The van der Waals surface area contributed by atoms with Crippen molar-refractivity contribution in [1.29, 1.82) is 5.41 Å². The van der Waals surface area contributed by atoms with E-state index in [1.54, 1.807) is 0 Å². The molecule has 0 saturated heterocycles. The van der Waals surface area contributed by atoms with Gasteiger partial charge in [0.2, 0.25) is 0 Å². The van der Waals surface area contributed by atoms with Crippen molar-refractivity contribution in [3.05, 3.63) is 6.42 Å². The van der Waals surface area contributed by atoms with Gasteiger partial charge in [-0.25, -0.2) is 0 Å². The average Bonchev–Trinajstić information content (AvgIpc) is 1.84. The van der Waals surface area contributed by atoms with Gasteiger partial charge in [0, 0.05) is 18.6 Å². The SMILES string of the molecule is CC[CH]C(=N)CCOC(C)(C)C. The number of nitrogens with one attached hydrogen (secondary N) is 1. The molecule has 71 valence electrons. The first-order valence-electron chi connectivity index (χ1n) is 4.50. The van der Waals surface area contributed by atoms with Crippen LogP contribution in [0.3, 0.4) is 0 Å². The molecule has 0 unspecified atom stereocenters. The van der Waals surface area contributed by atoms with Crippen LogP contribution in [0.1, 0.15) is 40.5 Å². The molecule has 1 N–H and O–H groups in total. The van der Waals surface area contributed by atoms with Crippen molar-refractivity contribution in [3.63, 3.8) is 0 Å². The average molecular weight is 170 g/mol. The molecule has 0 aromatic heterocycles. The number of hydrogen-bond donors (Lipinski definition) is 1. The standard InChI is InChI=1S/C10H20NO/c1-5-6-9(11)7-8-12-10(2,3)4/h6,11H,5,7-8H2,1-4H3. The highest BCUT2D eigenvalue weighted by Crippen LogP contribution is 2.07. The van der Waals surface area contributed by atoms with E-state index in [4.69, 9.17) is 10.1 Å². The zero-order chi connectivity index (χ0) is 9.61. The monoisotopic (exact) mass is 170 g/mol. The van der Waals surface area contributed by atoms with Crippen LogP contribution in [-0.2, 0) is 4.74 Å². The van der Waals surface area contributed by atoms with Gasteiger partial charge in [0.15, 0.2) is 0 Å². The highest BCUT2D eigenvalue weighted by atomic mass is 16.5. The van der Waals surface area contributed by atoms with Gasteiger partial charge in [0.1, 0.15) is 0 Å². The van der Waals surface area contributed by atoms with E-state index in [0.29, 0.717) is 12.3 Å². The lowest BCUT2D eigenvalue weighted by Crippen LogP contribution is -2.20. The fourth-order valence-corrected chi connectivity index (χ4v) is 0.816. The molecule has 0 heterocycles. The fraction of sp³-hybridized carbons (Fsp3) is 0.800. The number of hydrogen-bond acceptors (Lipinski definition) is 2. The van der Waals surface area contributed by atoms with Crippen LogP contribution >= 0.6 is 0 Å². The van der Waals surface area contributed by atoms with E-state index < -0.39 is 0 Å². The number of rotatable bonds is 5. The Morgan fingerprint density at radius 1 is 1.42 bits per heavy atom. The van der Waals surface area contributed by atoms with E-state index in [2.05, 4.69) is 0 Å². The predicted molar refractivity (Wildman–Crippen MR) is 52.6 cm³/mol. The van der Waals surface area contributed by atoms with E-state index in [1.807, 2.05) is 34.1 Å². The van der Waals surface area contributed by atoms with Crippen molar-refractivity contribution in [1.82, 2.24) is 0 Å². The van der Waals surface area contributed by atoms with Crippen LogP contribution in [0.5, 0.6) is 0 Å². The molecule has 0 rings (SSSR count). The highest BCUT2D eigenvalue weighted by Gasteiger charge is 2.09. The van der Waals surface area contributed by atoms with Crippen molar-refractivity contribution in [2.75, 3.05) is 6.61 Å². The summed E-state index contributed by atoms with van der Waals surface area (Å²) < 4.78 is 5.49. The molecule has 0 atom stereocenters. The normalized spacial score (nSPS) is 11.7. The third kappa shape index (κ3) is 7.73. The lowest BCUT2D eigenvalue weighted by Gasteiger charge is -2.19. The summed E-state index contributed by atoms with van der Waals surface area (Å²) in [4.78, 5) is 0. The second-order valence-electron chi connectivity index (χ2n) is 3.85. The molecule has 0 bridgehead atoms. The number of ether oxygens (including phenoxy) is 1. The van der Waals surface area contributed by atoms with Crippen molar-refractivity contribution < 1.29 is 4.74 Å². The van der Waals surface area contributed by atoms with Gasteiger partial charge >= 0.3 is 0 Å². The predicted octanol–water partition coefficient (Wildman–Crippen LogP) is 2.83. The lowest BCUT2D eigenvalue weighted by atomic mass is 10.1. The Hall–Kier alpha value is -0.370.